The maximum absolute atomic E-state index is 4.58. The lowest BCUT2D eigenvalue weighted by Gasteiger charge is -2.30. The summed E-state index contributed by atoms with van der Waals surface area (Å²) in [7, 11) is 0. The van der Waals surface area contributed by atoms with E-state index in [4.69, 9.17) is 0 Å². The molecule has 1 saturated carbocycles. The van der Waals surface area contributed by atoms with Gasteiger partial charge in [-0.25, -0.2) is 14.6 Å². The first-order valence-electron chi connectivity index (χ1n) is 10.4. The SMILES string of the molecule is C=C(Nc1ncnc2c1cnn2CCN(C(C)C)C(C)C)C1CCCCC1. The van der Waals surface area contributed by atoms with E-state index in [1.54, 1.807) is 6.33 Å². The van der Waals surface area contributed by atoms with Crippen molar-refractivity contribution >= 4 is 16.9 Å². The lowest BCUT2D eigenvalue weighted by atomic mass is 9.87. The Balaban J connectivity index is 1.73. The molecule has 0 spiro atoms. The summed E-state index contributed by atoms with van der Waals surface area (Å²) < 4.78 is 1.99. The topological polar surface area (TPSA) is 58.9 Å². The average Bonchev–Trinajstić information content (AvgIpc) is 3.06. The number of nitrogens with zero attached hydrogens (tertiary/aromatic N) is 5. The quantitative estimate of drug-likeness (QED) is 0.744. The summed E-state index contributed by atoms with van der Waals surface area (Å²) in [5.41, 5.74) is 1.96. The number of allylic oxidation sites excluding steroid dienone is 1. The second kappa shape index (κ2) is 8.83. The molecule has 6 nitrogen and oxygen atoms in total. The van der Waals surface area contributed by atoms with Gasteiger partial charge in [0.15, 0.2) is 5.65 Å². The van der Waals surface area contributed by atoms with Gasteiger partial charge in [-0.15, -0.1) is 0 Å². The number of anilines is 1. The molecule has 27 heavy (non-hydrogen) atoms. The maximum Gasteiger partial charge on any atom is 0.163 e. The summed E-state index contributed by atoms with van der Waals surface area (Å²) in [6.45, 7) is 15.0. The van der Waals surface area contributed by atoms with E-state index in [0.29, 0.717) is 18.0 Å². The Morgan fingerprint density at radius 2 is 1.89 bits per heavy atom. The van der Waals surface area contributed by atoms with Crippen molar-refractivity contribution in [3.63, 3.8) is 0 Å². The smallest absolute Gasteiger partial charge is 0.163 e. The van der Waals surface area contributed by atoms with Crippen LogP contribution in [-0.4, -0.2) is 43.3 Å². The molecule has 2 heterocycles. The van der Waals surface area contributed by atoms with Crippen LogP contribution in [0.4, 0.5) is 5.82 Å². The molecule has 148 valence electrons. The Kier molecular flexibility index (Phi) is 6.47. The predicted octanol–water partition coefficient (Wildman–Crippen LogP) is 4.45. The van der Waals surface area contributed by atoms with E-state index in [1.165, 1.54) is 32.1 Å². The lowest BCUT2D eigenvalue weighted by Crippen LogP contribution is -2.39. The number of fused-ring (bicyclic) bond motifs is 1. The van der Waals surface area contributed by atoms with Crippen molar-refractivity contribution in [3.05, 3.63) is 24.8 Å². The van der Waals surface area contributed by atoms with Crippen LogP contribution in [0, 0.1) is 5.92 Å². The minimum Gasteiger partial charge on any atom is -0.343 e. The average molecular weight is 371 g/mol. The molecule has 0 amide bonds. The molecule has 1 N–H and O–H groups in total. The molecule has 3 rings (SSSR count). The zero-order valence-corrected chi connectivity index (χ0v) is 17.3. The van der Waals surface area contributed by atoms with Crippen molar-refractivity contribution in [1.29, 1.82) is 0 Å². The number of aromatic nitrogens is 4. The van der Waals surface area contributed by atoms with Gasteiger partial charge in [0.05, 0.1) is 18.1 Å². The summed E-state index contributed by atoms with van der Waals surface area (Å²) >= 11 is 0. The fourth-order valence-electron chi connectivity index (χ4n) is 4.18. The molecule has 0 unspecified atom stereocenters. The second-order valence-electron chi connectivity index (χ2n) is 8.24. The van der Waals surface area contributed by atoms with Crippen molar-refractivity contribution in [2.75, 3.05) is 11.9 Å². The molecule has 2 aromatic heterocycles. The van der Waals surface area contributed by atoms with Crippen LogP contribution in [0.1, 0.15) is 59.8 Å². The largest absolute Gasteiger partial charge is 0.343 e. The van der Waals surface area contributed by atoms with E-state index in [2.05, 4.69) is 59.6 Å². The van der Waals surface area contributed by atoms with Gasteiger partial charge < -0.3 is 5.32 Å². The maximum atomic E-state index is 4.58. The Morgan fingerprint density at radius 1 is 1.19 bits per heavy atom. The molecule has 6 heteroatoms. The highest BCUT2D eigenvalue weighted by Gasteiger charge is 2.19. The number of nitrogens with one attached hydrogen (secondary N) is 1. The van der Waals surface area contributed by atoms with Crippen LogP contribution in [0.2, 0.25) is 0 Å². The van der Waals surface area contributed by atoms with Crippen molar-refractivity contribution in [3.8, 4) is 0 Å². The molecule has 1 aliphatic rings. The van der Waals surface area contributed by atoms with E-state index in [-0.39, 0.29) is 0 Å². The fourth-order valence-corrected chi connectivity index (χ4v) is 4.18. The van der Waals surface area contributed by atoms with Gasteiger partial charge in [0, 0.05) is 24.3 Å². The lowest BCUT2D eigenvalue weighted by molar-refractivity contribution is 0.167. The van der Waals surface area contributed by atoms with Gasteiger partial charge in [-0.05, 0) is 46.5 Å². The summed E-state index contributed by atoms with van der Waals surface area (Å²) in [6, 6.07) is 1.02. The number of hydrogen-bond acceptors (Lipinski definition) is 5. The van der Waals surface area contributed by atoms with Gasteiger partial charge >= 0.3 is 0 Å². The minimum atomic E-state index is 0.512. The molecule has 2 aromatic rings. The van der Waals surface area contributed by atoms with Crippen LogP contribution < -0.4 is 5.32 Å². The summed E-state index contributed by atoms with van der Waals surface area (Å²) in [5.74, 6) is 1.37. The molecule has 1 fully saturated rings. The summed E-state index contributed by atoms with van der Waals surface area (Å²) in [4.78, 5) is 11.4. The van der Waals surface area contributed by atoms with Crippen molar-refractivity contribution < 1.29 is 0 Å². The second-order valence-corrected chi connectivity index (χ2v) is 8.24. The van der Waals surface area contributed by atoms with Crippen LogP contribution in [0.3, 0.4) is 0 Å². The van der Waals surface area contributed by atoms with Gasteiger partial charge in [-0.3, -0.25) is 4.90 Å². The summed E-state index contributed by atoms with van der Waals surface area (Å²) in [5, 5.41) is 9.01. The highest BCUT2D eigenvalue weighted by Crippen LogP contribution is 2.30. The monoisotopic (exact) mass is 370 g/mol. The minimum absolute atomic E-state index is 0.512. The number of hydrogen-bond donors (Lipinski definition) is 1. The molecular weight excluding hydrogens is 336 g/mol. The zero-order valence-electron chi connectivity index (χ0n) is 17.3. The highest BCUT2D eigenvalue weighted by atomic mass is 15.3. The first-order valence-corrected chi connectivity index (χ1v) is 10.4. The van der Waals surface area contributed by atoms with Crippen molar-refractivity contribution in [2.24, 2.45) is 5.92 Å². The first-order chi connectivity index (χ1) is 13.0. The van der Waals surface area contributed by atoms with Gasteiger partial charge in [-0.2, -0.15) is 5.10 Å². The first kappa shape index (κ1) is 19.8. The Labute approximate surface area is 163 Å². The molecule has 0 radical (unpaired) electrons. The van der Waals surface area contributed by atoms with Crippen LogP contribution in [0.25, 0.3) is 11.0 Å². The van der Waals surface area contributed by atoms with Crippen LogP contribution in [-0.2, 0) is 6.54 Å². The molecular formula is C21H34N6. The van der Waals surface area contributed by atoms with Crippen molar-refractivity contribution in [1.82, 2.24) is 24.6 Å². The van der Waals surface area contributed by atoms with E-state index in [9.17, 15) is 0 Å². The third-order valence-electron chi connectivity index (χ3n) is 5.71. The zero-order chi connectivity index (χ0) is 19.4. The third kappa shape index (κ3) is 4.67. The van der Waals surface area contributed by atoms with E-state index < -0.39 is 0 Å². The molecule has 0 atom stereocenters. The van der Waals surface area contributed by atoms with Gasteiger partial charge in [-0.1, -0.05) is 25.8 Å². The van der Waals surface area contributed by atoms with Crippen LogP contribution in [0.15, 0.2) is 24.8 Å². The van der Waals surface area contributed by atoms with E-state index in [1.807, 2.05) is 10.9 Å². The third-order valence-corrected chi connectivity index (χ3v) is 5.71. The van der Waals surface area contributed by atoms with Crippen molar-refractivity contribution in [2.45, 2.75) is 78.4 Å². The molecule has 0 saturated heterocycles. The Bertz CT molecular complexity index is 749. The fraction of sp³-hybridized carbons (Fsp3) is 0.667. The Hall–Kier alpha value is -1.95. The molecule has 1 aliphatic carbocycles. The van der Waals surface area contributed by atoms with Crippen LogP contribution in [0.5, 0.6) is 0 Å². The summed E-state index contributed by atoms with van der Waals surface area (Å²) in [6.07, 6.45) is 9.88. The van der Waals surface area contributed by atoms with E-state index >= 15 is 0 Å². The predicted molar refractivity (Wildman–Crippen MR) is 112 cm³/mol. The standard InChI is InChI=1S/C21H34N6/c1-15(2)26(16(3)4)11-12-27-21-19(13-24-27)20(22-14-23-21)25-17(5)18-9-7-6-8-10-18/h13-16,18H,5-12H2,1-4H3,(H,22,23,25). The van der Waals surface area contributed by atoms with Gasteiger partial charge in [0.2, 0.25) is 0 Å². The van der Waals surface area contributed by atoms with Gasteiger partial charge in [0.25, 0.3) is 0 Å². The normalized spacial score (nSPS) is 16.0. The van der Waals surface area contributed by atoms with E-state index in [0.717, 1.165) is 35.6 Å². The molecule has 0 aromatic carbocycles. The number of rotatable bonds is 8. The molecule has 0 aliphatic heterocycles. The Morgan fingerprint density at radius 3 is 2.56 bits per heavy atom. The molecule has 0 bridgehead atoms. The van der Waals surface area contributed by atoms with Gasteiger partial charge in [0.1, 0.15) is 12.1 Å². The van der Waals surface area contributed by atoms with Crippen LogP contribution >= 0.6 is 0 Å². The highest BCUT2D eigenvalue weighted by molar-refractivity contribution is 5.86.